The second-order valence-electron chi connectivity index (χ2n) is 6.89. The number of fused-ring (bicyclic) bond motifs is 1. The summed E-state index contributed by atoms with van der Waals surface area (Å²) in [6.07, 6.45) is 0.690. The van der Waals surface area contributed by atoms with Gasteiger partial charge in [0.25, 0.3) is 0 Å². The molecule has 1 saturated heterocycles. The van der Waals surface area contributed by atoms with E-state index in [9.17, 15) is 18.0 Å². The molecule has 1 amide bonds. The number of ether oxygens (including phenoxy) is 2. The first-order valence-corrected chi connectivity index (χ1v) is 10.3. The average Bonchev–Trinajstić information content (AvgIpc) is 2.66. The van der Waals surface area contributed by atoms with Crippen molar-refractivity contribution in [3.63, 3.8) is 0 Å². The second kappa shape index (κ2) is 7.47. The predicted molar refractivity (Wildman–Crippen MR) is 98.1 cm³/mol. The molecule has 9 heteroatoms. The number of esters is 1. The van der Waals surface area contributed by atoms with Crippen molar-refractivity contribution in [2.24, 2.45) is 5.92 Å². The van der Waals surface area contributed by atoms with Crippen molar-refractivity contribution >= 4 is 27.6 Å². The molecule has 1 atom stereocenters. The molecule has 0 saturated carbocycles. The molecule has 27 heavy (non-hydrogen) atoms. The van der Waals surface area contributed by atoms with Gasteiger partial charge in [-0.15, -0.1) is 0 Å². The van der Waals surface area contributed by atoms with Gasteiger partial charge in [0, 0.05) is 20.0 Å². The van der Waals surface area contributed by atoms with E-state index in [1.807, 2.05) is 6.92 Å². The third-order valence-corrected chi connectivity index (χ3v) is 6.89. The molecule has 2 aliphatic rings. The van der Waals surface area contributed by atoms with Gasteiger partial charge in [-0.05, 0) is 38.0 Å². The van der Waals surface area contributed by atoms with Gasteiger partial charge < -0.3 is 14.4 Å². The van der Waals surface area contributed by atoms with E-state index in [-0.39, 0.29) is 41.9 Å². The molecule has 3 rings (SSSR count). The molecule has 1 fully saturated rings. The Kier molecular flexibility index (Phi) is 5.43. The highest BCUT2D eigenvalue weighted by Crippen LogP contribution is 2.36. The SMILES string of the molecule is COC(=O)C1CCN(S(=O)(=O)c2ccc3c(c2)N(C(C)=O)CC(C)O3)CC1. The number of rotatable bonds is 3. The highest BCUT2D eigenvalue weighted by Gasteiger charge is 2.34. The van der Waals surface area contributed by atoms with Gasteiger partial charge in [0.15, 0.2) is 0 Å². The molecule has 2 heterocycles. The van der Waals surface area contributed by atoms with Gasteiger partial charge in [0.2, 0.25) is 15.9 Å². The Morgan fingerprint density at radius 1 is 1.22 bits per heavy atom. The fraction of sp³-hybridized carbons (Fsp3) is 0.556. The lowest BCUT2D eigenvalue weighted by atomic mass is 9.99. The number of carbonyl (C=O) groups is 2. The molecule has 0 N–H and O–H groups in total. The number of hydrogen-bond acceptors (Lipinski definition) is 6. The molecular formula is C18H24N2O6S. The van der Waals surface area contributed by atoms with Crippen LogP contribution in [-0.2, 0) is 24.3 Å². The van der Waals surface area contributed by atoms with E-state index in [0.29, 0.717) is 30.8 Å². The van der Waals surface area contributed by atoms with Crippen molar-refractivity contribution in [2.75, 3.05) is 31.6 Å². The summed E-state index contributed by atoms with van der Waals surface area (Å²) in [6.45, 7) is 4.18. The number of carbonyl (C=O) groups excluding carboxylic acids is 2. The van der Waals surface area contributed by atoms with Crippen LogP contribution < -0.4 is 9.64 Å². The van der Waals surface area contributed by atoms with Crippen LogP contribution >= 0.6 is 0 Å². The Labute approximate surface area is 159 Å². The van der Waals surface area contributed by atoms with Gasteiger partial charge in [0.1, 0.15) is 11.9 Å². The molecule has 0 radical (unpaired) electrons. The number of sulfonamides is 1. The van der Waals surface area contributed by atoms with E-state index in [0.717, 1.165) is 0 Å². The normalized spacial score (nSPS) is 21.3. The number of anilines is 1. The number of benzene rings is 1. The molecule has 2 aliphatic heterocycles. The molecule has 0 bridgehead atoms. The minimum absolute atomic E-state index is 0.113. The molecule has 0 aliphatic carbocycles. The van der Waals surface area contributed by atoms with Crippen LogP contribution in [0.25, 0.3) is 0 Å². The highest BCUT2D eigenvalue weighted by molar-refractivity contribution is 7.89. The number of piperidine rings is 1. The lowest BCUT2D eigenvalue weighted by Gasteiger charge is -2.34. The minimum Gasteiger partial charge on any atom is -0.487 e. The maximum atomic E-state index is 13.0. The maximum Gasteiger partial charge on any atom is 0.308 e. The van der Waals surface area contributed by atoms with E-state index in [1.165, 1.54) is 35.4 Å². The van der Waals surface area contributed by atoms with E-state index < -0.39 is 10.0 Å². The lowest BCUT2D eigenvalue weighted by molar-refractivity contribution is -0.146. The van der Waals surface area contributed by atoms with Gasteiger partial charge >= 0.3 is 5.97 Å². The molecule has 1 aromatic rings. The molecule has 1 aromatic carbocycles. The fourth-order valence-electron chi connectivity index (χ4n) is 3.52. The van der Waals surface area contributed by atoms with Gasteiger partial charge in [-0.25, -0.2) is 8.42 Å². The maximum absolute atomic E-state index is 13.0. The van der Waals surface area contributed by atoms with Crippen molar-refractivity contribution in [3.8, 4) is 5.75 Å². The predicted octanol–water partition coefficient (Wildman–Crippen LogP) is 1.39. The highest BCUT2D eigenvalue weighted by atomic mass is 32.2. The van der Waals surface area contributed by atoms with Crippen molar-refractivity contribution in [1.82, 2.24) is 4.31 Å². The summed E-state index contributed by atoms with van der Waals surface area (Å²) in [5.41, 5.74) is 0.464. The first-order valence-electron chi connectivity index (χ1n) is 8.91. The molecule has 8 nitrogen and oxygen atoms in total. The van der Waals surface area contributed by atoms with Gasteiger partial charge in [-0.3, -0.25) is 9.59 Å². The largest absolute Gasteiger partial charge is 0.487 e. The van der Waals surface area contributed by atoms with Crippen molar-refractivity contribution < 1.29 is 27.5 Å². The van der Waals surface area contributed by atoms with Gasteiger partial charge in [-0.2, -0.15) is 4.31 Å². The zero-order valence-corrected chi connectivity index (χ0v) is 16.5. The molecule has 148 valence electrons. The zero-order valence-electron chi connectivity index (χ0n) is 15.7. The van der Waals surface area contributed by atoms with Crippen LogP contribution in [0.5, 0.6) is 5.75 Å². The summed E-state index contributed by atoms with van der Waals surface area (Å²) in [4.78, 5) is 25.3. The van der Waals surface area contributed by atoms with Crippen LogP contribution in [0.3, 0.4) is 0 Å². The lowest BCUT2D eigenvalue weighted by Crippen LogP contribution is -2.42. The summed E-state index contributed by atoms with van der Waals surface area (Å²) >= 11 is 0. The fourth-order valence-corrected chi connectivity index (χ4v) is 5.01. The van der Waals surface area contributed by atoms with Crippen LogP contribution in [-0.4, -0.2) is 57.4 Å². The standard InChI is InChI=1S/C18H24N2O6S/c1-12-11-20(13(2)21)16-10-15(4-5-17(16)26-12)27(23,24)19-8-6-14(7-9-19)18(22)25-3/h4-5,10,12,14H,6-9,11H2,1-3H3. The van der Waals surface area contributed by atoms with E-state index >= 15 is 0 Å². The Morgan fingerprint density at radius 3 is 2.48 bits per heavy atom. The molecule has 1 unspecified atom stereocenters. The van der Waals surface area contributed by atoms with Crippen LogP contribution in [0.2, 0.25) is 0 Å². The minimum atomic E-state index is -3.73. The van der Waals surface area contributed by atoms with Crippen molar-refractivity contribution in [3.05, 3.63) is 18.2 Å². The number of amides is 1. The first kappa shape index (κ1) is 19.6. The van der Waals surface area contributed by atoms with Crippen molar-refractivity contribution in [1.29, 1.82) is 0 Å². The quantitative estimate of drug-likeness (QED) is 0.717. The topological polar surface area (TPSA) is 93.2 Å². The number of hydrogen-bond donors (Lipinski definition) is 0. The summed E-state index contributed by atoms with van der Waals surface area (Å²) in [5.74, 6) is -0.246. The third kappa shape index (κ3) is 3.79. The van der Waals surface area contributed by atoms with E-state index in [2.05, 4.69) is 0 Å². The first-order chi connectivity index (χ1) is 12.7. The molecule has 0 aromatic heterocycles. The zero-order chi connectivity index (χ0) is 19.8. The Morgan fingerprint density at radius 2 is 1.89 bits per heavy atom. The summed E-state index contributed by atoms with van der Waals surface area (Å²) in [6, 6.07) is 4.58. The van der Waals surface area contributed by atoms with E-state index in [1.54, 1.807) is 6.07 Å². The molecular weight excluding hydrogens is 372 g/mol. The van der Waals surface area contributed by atoms with Crippen molar-refractivity contribution in [2.45, 2.75) is 37.7 Å². The van der Waals surface area contributed by atoms with Crippen LogP contribution in [0.4, 0.5) is 5.69 Å². The molecule has 0 spiro atoms. The van der Waals surface area contributed by atoms with Crippen LogP contribution in [0, 0.1) is 5.92 Å². The Hall–Kier alpha value is -2.13. The monoisotopic (exact) mass is 396 g/mol. The third-order valence-electron chi connectivity index (χ3n) is 5.00. The summed E-state index contributed by atoms with van der Waals surface area (Å²) in [5, 5.41) is 0. The smallest absolute Gasteiger partial charge is 0.308 e. The van der Waals surface area contributed by atoms with Crippen LogP contribution in [0.1, 0.15) is 26.7 Å². The summed E-state index contributed by atoms with van der Waals surface area (Å²) < 4.78 is 37.9. The Bertz CT molecular complexity index is 845. The van der Waals surface area contributed by atoms with Gasteiger partial charge in [-0.1, -0.05) is 0 Å². The van der Waals surface area contributed by atoms with E-state index in [4.69, 9.17) is 9.47 Å². The second-order valence-corrected chi connectivity index (χ2v) is 8.83. The average molecular weight is 396 g/mol. The van der Waals surface area contributed by atoms with Gasteiger partial charge in [0.05, 0.1) is 30.2 Å². The Balaban J connectivity index is 1.85. The summed E-state index contributed by atoms with van der Waals surface area (Å²) in [7, 11) is -2.39. The number of nitrogens with zero attached hydrogens (tertiary/aromatic N) is 2. The number of methoxy groups -OCH3 is 1. The van der Waals surface area contributed by atoms with Crippen LogP contribution in [0.15, 0.2) is 23.1 Å².